The average molecular weight is 279 g/mol. The summed E-state index contributed by atoms with van der Waals surface area (Å²) in [5.41, 5.74) is 1.09. The zero-order valence-corrected chi connectivity index (χ0v) is 13.5. The number of rotatable bonds is 8. The zero-order valence-electron chi connectivity index (χ0n) is 13.5. The van der Waals surface area contributed by atoms with Gasteiger partial charge in [0.05, 0.1) is 24.9 Å². The number of nitrogens with one attached hydrogen (secondary N) is 1. The Bertz CT molecular complexity index is 385. The van der Waals surface area contributed by atoms with Crippen LogP contribution in [0.5, 0.6) is 5.75 Å². The van der Waals surface area contributed by atoms with Gasteiger partial charge in [-0.05, 0) is 58.4 Å². The quantitative estimate of drug-likeness (QED) is 0.782. The van der Waals surface area contributed by atoms with Gasteiger partial charge in [-0.25, -0.2) is 0 Å². The number of ether oxygens (including phenoxy) is 2. The van der Waals surface area contributed by atoms with Crippen LogP contribution in [0.4, 0.5) is 0 Å². The van der Waals surface area contributed by atoms with E-state index >= 15 is 0 Å². The molecule has 0 aliphatic carbocycles. The second-order valence-electron chi connectivity index (χ2n) is 5.94. The Balaban J connectivity index is 2.77. The molecule has 0 aliphatic rings. The van der Waals surface area contributed by atoms with E-state index in [1.165, 1.54) is 5.56 Å². The van der Waals surface area contributed by atoms with E-state index in [2.05, 4.69) is 45.1 Å². The Morgan fingerprint density at radius 3 is 2.55 bits per heavy atom. The van der Waals surface area contributed by atoms with Crippen molar-refractivity contribution >= 4 is 0 Å². The lowest BCUT2D eigenvalue weighted by Crippen LogP contribution is -2.30. The third kappa shape index (κ3) is 6.40. The van der Waals surface area contributed by atoms with Crippen LogP contribution in [0, 0.1) is 0 Å². The molecule has 20 heavy (non-hydrogen) atoms. The highest BCUT2D eigenvalue weighted by molar-refractivity contribution is 5.30. The van der Waals surface area contributed by atoms with Gasteiger partial charge in [0, 0.05) is 0 Å². The van der Waals surface area contributed by atoms with Gasteiger partial charge in [-0.2, -0.15) is 0 Å². The van der Waals surface area contributed by atoms with Gasteiger partial charge < -0.3 is 14.8 Å². The van der Waals surface area contributed by atoms with E-state index in [-0.39, 0.29) is 11.6 Å². The Labute approximate surface area is 123 Å². The van der Waals surface area contributed by atoms with Gasteiger partial charge in [0.15, 0.2) is 0 Å². The molecule has 3 nitrogen and oxygen atoms in total. The molecule has 1 unspecified atom stereocenters. The molecule has 0 heterocycles. The topological polar surface area (TPSA) is 30.5 Å². The minimum atomic E-state index is -0.121. The first kappa shape index (κ1) is 17.0. The van der Waals surface area contributed by atoms with E-state index in [0.29, 0.717) is 13.2 Å². The third-order valence-electron chi connectivity index (χ3n) is 2.90. The number of hydrogen-bond acceptors (Lipinski definition) is 3. The Hall–Kier alpha value is -1.06. The van der Waals surface area contributed by atoms with Crippen LogP contribution in [0.3, 0.4) is 0 Å². The first-order valence-corrected chi connectivity index (χ1v) is 7.56. The van der Waals surface area contributed by atoms with Crippen molar-refractivity contribution < 1.29 is 9.47 Å². The van der Waals surface area contributed by atoms with Gasteiger partial charge in [0.25, 0.3) is 0 Å². The van der Waals surface area contributed by atoms with E-state index in [4.69, 9.17) is 9.47 Å². The number of hydrogen-bond donors (Lipinski definition) is 1. The SMILES string of the molecule is CCCNC(COC(C)(C)C)c1cccc(OCC)c1. The molecular formula is C17H29NO2. The molecule has 0 fully saturated rings. The van der Waals surface area contributed by atoms with E-state index in [9.17, 15) is 0 Å². The second-order valence-corrected chi connectivity index (χ2v) is 5.94. The summed E-state index contributed by atoms with van der Waals surface area (Å²) in [7, 11) is 0. The summed E-state index contributed by atoms with van der Waals surface area (Å²) in [6, 6.07) is 8.46. The predicted molar refractivity (Wildman–Crippen MR) is 84.4 cm³/mol. The Morgan fingerprint density at radius 1 is 1.20 bits per heavy atom. The molecule has 0 saturated carbocycles. The number of benzene rings is 1. The minimum Gasteiger partial charge on any atom is -0.494 e. The molecule has 0 spiro atoms. The Morgan fingerprint density at radius 2 is 1.95 bits per heavy atom. The average Bonchev–Trinajstić information content (AvgIpc) is 2.38. The molecule has 1 aromatic carbocycles. The molecular weight excluding hydrogens is 250 g/mol. The smallest absolute Gasteiger partial charge is 0.119 e. The van der Waals surface area contributed by atoms with Crippen LogP contribution in [0.2, 0.25) is 0 Å². The highest BCUT2D eigenvalue weighted by Crippen LogP contribution is 2.21. The van der Waals surface area contributed by atoms with Crippen molar-refractivity contribution in [2.24, 2.45) is 0 Å². The standard InChI is InChI=1S/C17H29NO2/c1-6-11-18-16(13-20-17(3,4)5)14-9-8-10-15(12-14)19-7-2/h8-10,12,16,18H,6-7,11,13H2,1-5H3. The van der Waals surface area contributed by atoms with Gasteiger partial charge >= 0.3 is 0 Å². The van der Waals surface area contributed by atoms with Crippen molar-refractivity contribution in [3.05, 3.63) is 29.8 Å². The molecule has 114 valence electrons. The maximum Gasteiger partial charge on any atom is 0.119 e. The maximum absolute atomic E-state index is 5.94. The summed E-state index contributed by atoms with van der Waals surface area (Å²) in [4.78, 5) is 0. The summed E-state index contributed by atoms with van der Waals surface area (Å²) < 4.78 is 11.5. The van der Waals surface area contributed by atoms with Crippen LogP contribution < -0.4 is 10.1 Å². The lowest BCUT2D eigenvalue weighted by atomic mass is 10.1. The first-order chi connectivity index (χ1) is 9.46. The largest absolute Gasteiger partial charge is 0.494 e. The maximum atomic E-state index is 5.94. The zero-order chi connectivity index (χ0) is 15.0. The lowest BCUT2D eigenvalue weighted by molar-refractivity contribution is -0.0147. The van der Waals surface area contributed by atoms with Gasteiger partial charge in [-0.1, -0.05) is 19.1 Å². The molecule has 1 N–H and O–H groups in total. The molecule has 3 heteroatoms. The van der Waals surface area contributed by atoms with Crippen LogP contribution in [-0.4, -0.2) is 25.4 Å². The summed E-state index contributed by atoms with van der Waals surface area (Å²) in [5, 5.41) is 3.55. The van der Waals surface area contributed by atoms with Crippen molar-refractivity contribution in [1.82, 2.24) is 5.32 Å². The van der Waals surface area contributed by atoms with Crippen LogP contribution in [0.15, 0.2) is 24.3 Å². The molecule has 1 rings (SSSR count). The summed E-state index contributed by atoms with van der Waals surface area (Å²) >= 11 is 0. The predicted octanol–water partition coefficient (Wildman–Crippen LogP) is 3.94. The van der Waals surface area contributed by atoms with Crippen LogP contribution in [-0.2, 0) is 4.74 Å². The Kier molecular flexibility index (Phi) is 7.03. The summed E-state index contributed by atoms with van der Waals surface area (Å²) in [6.45, 7) is 12.8. The highest BCUT2D eigenvalue weighted by Gasteiger charge is 2.17. The van der Waals surface area contributed by atoms with E-state index in [0.717, 1.165) is 18.7 Å². The van der Waals surface area contributed by atoms with Crippen molar-refractivity contribution in [2.75, 3.05) is 19.8 Å². The fraction of sp³-hybridized carbons (Fsp3) is 0.647. The molecule has 0 bridgehead atoms. The molecule has 0 amide bonds. The fourth-order valence-electron chi connectivity index (χ4n) is 1.91. The summed E-state index contributed by atoms with van der Waals surface area (Å²) in [6.07, 6.45) is 1.11. The van der Waals surface area contributed by atoms with E-state index < -0.39 is 0 Å². The van der Waals surface area contributed by atoms with Gasteiger partial charge in [0.1, 0.15) is 5.75 Å². The monoisotopic (exact) mass is 279 g/mol. The van der Waals surface area contributed by atoms with Gasteiger partial charge in [-0.3, -0.25) is 0 Å². The fourth-order valence-corrected chi connectivity index (χ4v) is 1.91. The highest BCUT2D eigenvalue weighted by atomic mass is 16.5. The molecule has 0 aromatic heterocycles. The molecule has 0 aliphatic heterocycles. The molecule has 1 atom stereocenters. The second kappa shape index (κ2) is 8.28. The van der Waals surface area contributed by atoms with Crippen LogP contribution in [0.1, 0.15) is 52.6 Å². The molecule has 0 saturated heterocycles. The van der Waals surface area contributed by atoms with Crippen LogP contribution >= 0.6 is 0 Å². The van der Waals surface area contributed by atoms with Crippen LogP contribution in [0.25, 0.3) is 0 Å². The summed E-state index contributed by atoms with van der Waals surface area (Å²) in [5.74, 6) is 0.920. The van der Waals surface area contributed by atoms with Crippen molar-refractivity contribution in [3.63, 3.8) is 0 Å². The lowest BCUT2D eigenvalue weighted by Gasteiger charge is -2.25. The van der Waals surface area contributed by atoms with E-state index in [1.54, 1.807) is 0 Å². The molecule has 0 radical (unpaired) electrons. The molecule has 1 aromatic rings. The van der Waals surface area contributed by atoms with Crippen molar-refractivity contribution in [2.45, 2.75) is 52.7 Å². The van der Waals surface area contributed by atoms with Gasteiger partial charge in [0.2, 0.25) is 0 Å². The minimum absolute atomic E-state index is 0.121. The van der Waals surface area contributed by atoms with Crippen molar-refractivity contribution in [3.8, 4) is 5.75 Å². The normalized spacial score (nSPS) is 13.2. The van der Waals surface area contributed by atoms with Crippen molar-refractivity contribution in [1.29, 1.82) is 0 Å². The first-order valence-electron chi connectivity index (χ1n) is 7.56. The van der Waals surface area contributed by atoms with E-state index in [1.807, 2.05) is 19.1 Å². The third-order valence-corrected chi connectivity index (χ3v) is 2.90. The van der Waals surface area contributed by atoms with Gasteiger partial charge in [-0.15, -0.1) is 0 Å².